The maximum absolute atomic E-state index is 11.3. The number of carbonyl (C=O) groups is 2. The van der Waals surface area contributed by atoms with Gasteiger partial charge in [0, 0.05) is 12.5 Å². The van der Waals surface area contributed by atoms with Crippen molar-refractivity contribution >= 4 is 11.9 Å². The third kappa shape index (κ3) is 3.17. The number of nitriles is 1. The zero-order valence-electron chi connectivity index (χ0n) is 10.5. The second kappa shape index (κ2) is 5.93. The van der Waals surface area contributed by atoms with E-state index in [0.717, 1.165) is 5.56 Å². The fraction of sp³-hybridized carbons (Fsp3) is 0.308. The number of carboxylic acids is 1. The first kappa shape index (κ1) is 13.7. The molecule has 0 spiro atoms. The lowest BCUT2D eigenvalue weighted by Gasteiger charge is -2.07. The van der Waals surface area contributed by atoms with Crippen LogP contribution < -0.4 is 14.8 Å². The van der Waals surface area contributed by atoms with E-state index >= 15 is 0 Å². The van der Waals surface area contributed by atoms with Gasteiger partial charge in [0.15, 0.2) is 12.7 Å². The van der Waals surface area contributed by atoms with Crippen LogP contribution in [0.3, 0.4) is 0 Å². The molecule has 7 heteroatoms. The molecule has 0 radical (unpaired) electrons. The Morgan fingerprint density at radius 1 is 1.55 bits per heavy atom. The number of nitrogens with zero attached hydrogens (tertiary/aromatic N) is 1. The third-order valence-electron chi connectivity index (χ3n) is 2.72. The minimum absolute atomic E-state index is 0.0736. The van der Waals surface area contributed by atoms with Gasteiger partial charge in [-0.05, 0) is 11.6 Å². The molecule has 1 amide bonds. The normalized spacial score (nSPS) is 15.7. The van der Waals surface area contributed by atoms with Gasteiger partial charge in [0.2, 0.25) is 0 Å². The summed E-state index contributed by atoms with van der Waals surface area (Å²) in [7, 11) is 0. The van der Waals surface area contributed by atoms with Gasteiger partial charge in [-0.25, -0.2) is 4.79 Å². The largest absolute Gasteiger partial charge is 0.484 e. The molecule has 1 aromatic carbocycles. The number of rotatable bonds is 5. The molecule has 1 unspecified atom stereocenters. The average molecular weight is 276 g/mol. The molecule has 7 nitrogen and oxygen atoms in total. The van der Waals surface area contributed by atoms with Crippen molar-refractivity contribution < 1.29 is 24.2 Å². The molecule has 20 heavy (non-hydrogen) atoms. The number of ether oxygens (including phenoxy) is 2. The van der Waals surface area contributed by atoms with Crippen molar-refractivity contribution in [2.75, 3.05) is 13.2 Å². The SMILES string of the molecule is N#CCNC(=O)COc1ccc2c(c1)OC(C(=O)O)C2. The zero-order chi connectivity index (χ0) is 14.5. The number of aliphatic carboxylic acids is 1. The topological polar surface area (TPSA) is 109 Å². The fourth-order valence-corrected chi connectivity index (χ4v) is 1.77. The van der Waals surface area contributed by atoms with Crippen molar-refractivity contribution in [1.29, 1.82) is 5.26 Å². The lowest BCUT2D eigenvalue weighted by atomic mass is 10.1. The van der Waals surface area contributed by atoms with Crippen LogP contribution in [0.2, 0.25) is 0 Å². The standard InChI is InChI=1S/C13H12N2O5/c14-3-4-15-12(16)7-19-9-2-1-8-5-11(13(17)18)20-10(8)6-9/h1-2,6,11H,4-5,7H2,(H,15,16)(H,17,18). The van der Waals surface area contributed by atoms with E-state index in [1.165, 1.54) is 0 Å². The maximum atomic E-state index is 11.3. The van der Waals surface area contributed by atoms with E-state index in [4.69, 9.17) is 19.8 Å². The quantitative estimate of drug-likeness (QED) is 0.738. The highest BCUT2D eigenvalue weighted by atomic mass is 16.5. The molecule has 1 heterocycles. The summed E-state index contributed by atoms with van der Waals surface area (Å²) >= 11 is 0. The van der Waals surface area contributed by atoms with Gasteiger partial charge >= 0.3 is 5.97 Å². The van der Waals surface area contributed by atoms with E-state index < -0.39 is 18.0 Å². The van der Waals surface area contributed by atoms with Crippen LogP contribution in [0, 0.1) is 11.3 Å². The predicted molar refractivity (Wildman–Crippen MR) is 66.3 cm³/mol. The van der Waals surface area contributed by atoms with E-state index in [9.17, 15) is 9.59 Å². The Morgan fingerprint density at radius 2 is 2.35 bits per heavy atom. The Hall–Kier alpha value is -2.75. The minimum atomic E-state index is -1.01. The van der Waals surface area contributed by atoms with Gasteiger partial charge in [-0.3, -0.25) is 4.79 Å². The van der Waals surface area contributed by atoms with E-state index in [-0.39, 0.29) is 13.2 Å². The van der Waals surface area contributed by atoms with Gasteiger partial charge in [-0.2, -0.15) is 5.26 Å². The van der Waals surface area contributed by atoms with Crippen molar-refractivity contribution in [3.63, 3.8) is 0 Å². The molecule has 1 aliphatic rings. The van der Waals surface area contributed by atoms with E-state index in [2.05, 4.69) is 5.32 Å². The van der Waals surface area contributed by atoms with Gasteiger partial charge < -0.3 is 19.9 Å². The first-order valence-corrected chi connectivity index (χ1v) is 5.89. The number of fused-ring (bicyclic) bond motifs is 1. The summed E-state index contributed by atoms with van der Waals surface area (Å²) in [6.07, 6.45) is -0.563. The highest BCUT2D eigenvalue weighted by Gasteiger charge is 2.28. The first-order valence-electron chi connectivity index (χ1n) is 5.89. The number of carboxylic acid groups (broad SMARTS) is 1. The number of nitrogens with one attached hydrogen (secondary N) is 1. The Bertz CT molecular complexity index is 579. The van der Waals surface area contributed by atoms with E-state index in [1.807, 2.05) is 0 Å². The molecule has 104 valence electrons. The highest BCUT2D eigenvalue weighted by molar-refractivity contribution is 5.77. The van der Waals surface area contributed by atoms with Crippen LogP contribution in [0.4, 0.5) is 0 Å². The van der Waals surface area contributed by atoms with Crippen LogP contribution in [0.5, 0.6) is 11.5 Å². The van der Waals surface area contributed by atoms with Gasteiger partial charge in [0.05, 0.1) is 6.07 Å². The van der Waals surface area contributed by atoms with E-state index in [0.29, 0.717) is 17.9 Å². The molecule has 0 saturated heterocycles. The van der Waals surface area contributed by atoms with Crippen molar-refractivity contribution in [1.82, 2.24) is 5.32 Å². The Kier molecular flexibility index (Phi) is 4.05. The van der Waals surface area contributed by atoms with E-state index in [1.54, 1.807) is 24.3 Å². The van der Waals surface area contributed by atoms with Gasteiger partial charge in [0.25, 0.3) is 5.91 Å². The summed E-state index contributed by atoms with van der Waals surface area (Å²) in [5.41, 5.74) is 0.790. The molecule has 0 aliphatic carbocycles. The molecule has 1 atom stereocenters. The number of amides is 1. The van der Waals surface area contributed by atoms with Crippen LogP contribution in [0.25, 0.3) is 0 Å². The Morgan fingerprint density at radius 3 is 3.05 bits per heavy atom. The van der Waals surface area contributed by atoms with Crippen LogP contribution in [-0.4, -0.2) is 36.2 Å². The number of carbonyl (C=O) groups excluding carboxylic acids is 1. The molecule has 0 bridgehead atoms. The zero-order valence-corrected chi connectivity index (χ0v) is 10.5. The lowest BCUT2D eigenvalue weighted by Crippen LogP contribution is -2.29. The summed E-state index contributed by atoms with van der Waals surface area (Å²) in [6, 6.07) is 6.69. The maximum Gasteiger partial charge on any atom is 0.345 e. The summed E-state index contributed by atoms with van der Waals surface area (Å²) < 4.78 is 10.5. The average Bonchev–Trinajstić information content (AvgIpc) is 2.86. The number of benzene rings is 1. The highest BCUT2D eigenvalue weighted by Crippen LogP contribution is 2.32. The Labute approximate surface area is 114 Å². The summed E-state index contributed by atoms with van der Waals surface area (Å²) in [4.78, 5) is 22.1. The van der Waals surface area contributed by atoms with Crippen LogP contribution >= 0.6 is 0 Å². The van der Waals surface area contributed by atoms with Crippen LogP contribution in [-0.2, 0) is 16.0 Å². The summed E-state index contributed by atoms with van der Waals surface area (Å²) in [5, 5.41) is 19.5. The molecule has 0 fully saturated rings. The van der Waals surface area contributed by atoms with Crippen molar-refractivity contribution in [2.24, 2.45) is 0 Å². The smallest absolute Gasteiger partial charge is 0.345 e. The summed E-state index contributed by atoms with van der Waals surface area (Å²) in [5.74, 6) is -0.565. The second-order valence-corrected chi connectivity index (χ2v) is 4.14. The molecule has 0 saturated carbocycles. The molecular formula is C13H12N2O5. The molecule has 1 aliphatic heterocycles. The molecule has 2 N–H and O–H groups in total. The lowest BCUT2D eigenvalue weighted by molar-refractivity contribution is -0.144. The molecule has 0 aromatic heterocycles. The number of hydrogen-bond acceptors (Lipinski definition) is 5. The van der Waals surface area contributed by atoms with Gasteiger partial charge in [-0.1, -0.05) is 6.07 Å². The van der Waals surface area contributed by atoms with Crippen LogP contribution in [0.15, 0.2) is 18.2 Å². The second-order valence-electron chi connectivity index (χ2n) is 4.14. The minimum Gasteiger partial charge on any atom is -0.484 e. The van der Waals surface area contributed by atoms with Crippen molar-refractivity contribution in [3.05, 3.63) is 23.8 Å². The van der Waals surface area contributed by atoms with Gasteiger partial charge in [-0.15, -0.1) is 0 Å². The Balaban J connectivity index is 1.93. The third-order valence-corrected chi connectivity index (χ3v) is 2.72. The molecular weight excluding hydrogens is 264 g/mol. The van der Waals surface area contributed by atoms with Crippen molar-refractivity contribution in [2.45, 2.75) is 12.5 Å². The van der Waals surface area contributed by atoms with Crippen LogP contribution in [0.1, 0.15) is 5.56 Å². The number of hydrogen-bond donors (Lipinski definition) is 2. The fourth-order valence-electron chi connectivity index (χ4n) is 1.77. The summed E-state index contributed by atoms with van der Waals surface area (Å²) in [6.45, 7) is -0.293. The molecule has 1 aromatic rings. The van der Waals surface area contributed by atoms with Crippen molar-refractivity contribution in [3.8, 4) is 17.6 Å². The monoisotopic (exact) mass is 276 g/mol. The van der Waals surface area contributed by atoms with Gasteiger partial charge in [0.1, 0.15) is 18.0 Å². The molecule has 2 rings (SSSR count). The predicted octanol–water partition coefficient (Wildman–Crippen LogP) is 0.0933. The first-order chi connectivity index (χ1) is 9.60.